The number of carbonyl (C=O) groups is 2. The number of anilines is 1. The smallest absolute Gasteiger partial charge is 0.193 e. The van der Waals surface area contributed by atoms with Crippen molar-refractivity contribution in [2.24, 2.45) is 0 Å². The van der Waals surface area contributed by atoms with Crippen LogP contribution in [0.5, 0.6) is 0 Å². The first kappa shape index (κ1) is 31.8. The van der Waals surface area contributed by atoms with Crippen LogP contribution in [0, 0.1) is 5.82 Å². The van der Waals surface area contributed by atoms with E-state index in [0.29, 0.717) is 11.1 Å². The molecule has 0 saturated carbocycles. The molecule has 43 heavy (non-hydrogen) atoms. The van der Waals surface area contributed by atoms with Crippen molar-refractivity contribution in [2.75, 3.05) is 71.4 Å². The zero-order chi connectivity index (χ0) is 30.4. The SMILES string of the molecule is CN1CCN(c2ccc(C(=O)c3ccccc3)cc2)CC1.CN1CCNCC1.O=C(c1ccccc1)c1ccc(F)cc1. The average molecular weight is 581 g/mol. The van der Waals surface area contributed by atoms with Crippen molar-refractivity contribution in [2.45, 2.75) is 0 Å². The highest BCUT2D eigenvalue weighted by Crippen LogP contribution is 2.19. The maximum Gasteiger partial charge on any atom is 0.193 e. The van der Waals surface area contributed by atoms with Gasteiger partial charge in [0.25, 0.3) is 0 Å². The molecule has 2 fully saturated rings. The number of halogens is 1. The molecule has 0 aliphatic carbocycles. The van der Waals surface area contributed by atoms with Gasteiger partial charge in [-0.2, -0.15) is 0 Å². The fraction of sp³-hybridized carbons (Fsp3) is 0.278. The number of ketones is 2. The summed E-state index contributed by atoms with van der Waals surface area (Å²) in [6, 6.07) is 31.9. The van der Waals surface area contributed by atoms with Crippen molar-refractivity contribution in [1.82, 2.24) is 15.1 Å². The van der Waals surface area contributed by atoms with E-state index in [4.69, 9.17) is 0 Å². The first-order chi connectivity index (χ1) is 20.9. The average Bonchev–Trinajstić information content (AvgIpc) is 3.07. The van der Waals surface area contributed by atoms with Crippen LogP contribution < -0.4 is 10.2 Å². The quantitative estimate of drug-likeness (QED) is 0.326. The molecule has 1 N–H and O–H groups in total. The molecular weight excluding hydrogens is 539 g/mol. The summed E-state index contributed by atoms with van der Waals surface area (Å²) >= 11 is 0. The Morgan fingerprint density at radius 2 is 0.930 bits per heavy atom. The molecule has 0 bridgehead atoms. The number of benzene rings is 4. The third-order valence-corrected chi connectivity index (χ3v) is 7.52. The van der Waals surface area contributed by atoms with Gasteiger partial charge >= 0.3 is 0 Å². The van der Waals surface area contributed by atoms with E-state index in [2.05, 4.69) is 46.2 Å². The molecule has 0 unspecified atom stereocenters. The predicted octanol–water partition coefficient (Wildman–Crippen LogP) is 5.25. The van der Waals surface area contributed by atoms with Gasteiger partial charge in [0.15, 0.2) is 11.6 Å². The van der Waals surface area contributed by atoms with Crippen LogP contribution >= 0.6 is 0 Å². The second-order valence-corrected chi connectivity index (χ2v) is 10.8. The van der Waals surface area contributed by atoms with E-state index < -0.39 is 0 Å². The summed E-state index contributed by atoms with van der Waals surface area (Å²) in [4.78, 5) is 31.2. The van der Waals surface area contributed by atoms with Gasteiger partial charge in [0.05, 0.1) is 0 Å². The number of likely N-dealkylation sites (N-methyl/N-ethyl adjacent to an activating group) is 2. The number of rotatable bonds is 5. The molecule has 4 aromatic rings. The lowest BCUT2D eigenvalue weighted by Crippen LogP contribution is -2.44. The van der Waals surface area contributed by atoms with E-state index >= 15 is 0 Å². The number of carbonyl (C=O) groups excluding carboxylic acids is 2. The molecular formula is C36H41FN4O2. The van der Waals surface area contributed by atoms with Gasteiger partial charge in [0, 0.05) is 80.3 Å². The minimum absolute atomic E-state index is 0.0838. The van der Waals surface area contributed by atoms with Crippen molar-refractivity contribution >= 4 is 17.3 Å². The predicted molar refractivity (Wildman–Crippen MR) is 173 cm³/mol. The fourth-order valence-corrected chi connectivity index (χ4v) is 4.78. The molecule has 2 saturated heterocycles. The van der Waals surface area contributed by atoms with Crippen LogP contribution in [0.2, 0.25) is 0 Å². The zero-order valence-corrected chi connectivity index (χ0v) is 25.1. The lowest BCUT2D eigenvalue weighted by Gasteiger charge is -2.34. The van der Waals surface area contributed by atoms with Crippen molar-refractivity contribution in [1.29, 1.82) is 0 Å². The summed E-state index contributed by atoms with van der Waals surface area (Å²) in [6.07, 6.45) is 0. The van der Waals surface area contributed by atoms with E-state index in [1.807, 2.05) is 48.5 Å². The van der Waals surface area contributed by atoms with E-state index in [1.54, 1.807) is 24.3 Å². The molecule has 7 heteroatoms. The van der Waals surface area contributed by atoms with E-state index in [9.17, 15) is 14.0 Å². The fourth-order valence-electron chi connectivity index (χ4n) is 4.78. The van der Waals surface area contributed by atoms with Gasteiger partial charge in [-0.3, -0.25) is 9.59 Å². The van der Waals surface area contributed by atoms with Crippen LogP contribution in [0.4, 0.5) is 10.1 Å². The van der Waals surface area contributed by atoms with Crippen molar-refractivity contribution in [3.63, 3.8) is 0 Å². The maximum absolute atomic E-state index is 12.6. The normalized spacial score (nSPS) is 15.4. The third kappa shape index (κ3) is 9.96. The van der Waals surface area contributed by atoms with E-state index in [0.717, 1.165) is 50.4 Å². The summed E-state index contributed by atoms with van der Waals surface area (Å²) in [5.41, 5.74) is 3.81. The van der Waals surface area contributed by atoms with Gasteiger partial charge in [0.1, 0.15) is 5.82 Å². The second-order valence-electron chi connectivity index (χ2n) is 10.8. The van der Waals surface area contributed by atoms with Gasteiger partial charge in [-0.15, -0.1) is 0 Å². The highest BCUT2D eigenvalue weighted by Gasteiger charge is 2.15. The van der Waals surface area contributed by atoms with Gasteiger partial charge in [0.2, 0.25) is 0 Å². The lowest BCUT2D eigenvalue weighted by atomic mass is 10.0. The molecule has 0 aromatic heterocycles. The van der Waals surface area contributed by atoms with Gasteiger partial charge in [-0.1, -0.05) is 60.7 Å². The molecule has 4 aromatic carbocycles. The number of nitrogens with zero attached hydrogens (tertiary/aromatic N) is 3. The standard InChI is InChI=1S/C18H20N2O.C13H9FO.C5H12N2/c1-19-11-13-20(14-12-19)17-9-7-16(8-10-17)18(21)15-5-3-2-4-6-15;14-12-8-6-11(7-9-12)13(15)10-4-2-1-3-5-10;1-7-4-2-6-3-5-7/h2-10H,11-14H2,1H3;1-9H;6H,2-5H2,1H3. The summed E-state index contributed by atoms with van der Waals surface area (Å²) < 4.78 is 12.6. The monoisotopic (exact) mass is 580 g/mol. The summed E-state index contributed by atoms with van der Waals surface area (Å²) in [6.45, 7) is 9.01. The summed E-state index contributed by atoms with van der Waals surface area (Å²) in [5.74, 6) is -0.337. The van der Waals surface area contributed by atoms with Crippen molar-refractivity contribution in [3.8, 4) is 0 Å². The Bertz CT molecular complexity index is 1400. The van der Waals surface area contributed by atoms with E-state index in [1.165, 1.54) is 43.0 Å². The van der Waals surface area contributed by atoms with Crippen LogP contribution in [0.3, 0.4) is 0 Å². The minimum Gasteiger partial charge on any atom is -0.369 e. The minimum atomic E-state index is -0.334. The van der Waals surface area contributed by atoms with Crippen LogP contribution in [0.15, 0.2) is 109 Å². The Labute approximate surface area is 254 Å². The highest BCUT2D eigenvalue weighted by molar-refractivity contribution is 6.09. The molecule has 0 spiro atoms. The maximum atomic E-state index is 12.6. The van der Waals surface area contributed by atoms with Crippen LogP contribution in [-0.4, -0.2) is 87.8 Å². The molecule has 0 radical (unpaired) electrons. The highest BCUT2D eigenvalue weighted by atomic mass is 19.1. The first-order valence-corrected chi connectivity index (χ1v) is 14.8. The Kier molecular flexibility index (Phi) is 12.2. The number of hydrogen-bond donors (Lipinski definition) is 1. The van der Waals surface area contributed by atoms with Crippen LogP contribution in [0.25, 0.3) is 0 Å². The molecule has 2 aliphatic heterocycles. The van der Waals surface area contributed by atoms with Crippen LogP contribution in [0.1, 0.15) is 31.8 Å². The lowest BCUT2D eigenvalue weighted by molar-refractivity contribution is 0.103. The summed E-state index contributed by atoms with van der Waals surface area (Å²) in [5, 5.41) is 3.27. The molecule has 0 atom stereocenters. The largest absolute Gasteiger partial charge is 0.369 e. The second kappa shape index (κ2) is 16.5. The molecule has 2 heterocycles. The Balaban J connectivity index is 0.000000167. The zero-order valence-electron chi connectivity index (χ0n) is 25.1. The van der Waals surface area contributed by atoms with Gasteiger partial charge < -0.3 is 20.0 Å². The number of hydrogen-bond acceptors (Lipinski definition) is 6. The molecule has 6 nitrogen and oxygen atoms in total. The van der Waals surface area contributed by atoms with E-state index in [-0.39, 0.29) is 17.4 Å². The first-order valence-electron chi connectivity index (χ1n) is 14.8. The Morgan fingerprint density at radius 1 is 0.535 bits per heavy atom. The van der Waals surface area contributed by atoms with Crippen molar-refractivity contribution < 1.29 is 14.0 Å². The van der Waals surface area contributed by atoms with Crippen molar-refractivity contribution in [3.05, 3.63) is 137 Å². The third-order valence-electron chi connectivity index (χ3n) is 7.52. The topological polar surface area (TPSA) is 55.9 Å². The summed E-state index contributed by atoms with van der Waals surface area (Å²) in [7, 11) is 4.31. The number of nitrogens with one attached hydrogen (secondary N) is 1. The molecule has 2 aliphatic rings. The Morgan fingerprint density at radius 3 is 1.35 bits per heavy atom. The Hall–Kier alpha value is -4.17. The van der Waals surface area contributed by atoms with Gasteiger partial charge in [-0.05, 0) is 62.6 Å². The van der Waals surface area contributed by atoms with Gasteiger partial charge in [-0.25, -0.2) is 4.39 Å². The van der Waals surface area contributed by atoms with Crippen LogP contribution in [-0.2, 0) is 0 Å². The molecule has 224 valence electrons. The molecule has 6 rings (SSSR count). The number of piperazine rings is 2. The molecule has 0 amide bonds.